The van der Waals surface area contributed by atoms with Crippen LogP contribution >= 0.6 is 0 Å². The molecule has 0 bridgehead atoms. The van der Waals surface area contributed by atoms with E-state index in [1.165, 1.54) is 0 Å². The predicted molar refractivity (Wildman–Crippen MR) is 61.2 cm³/mol. The van der Waals surface area contributed by atoms with Gasteiger partial charge in [-0.15, -0.1) is 0 Å². The second-order valence-corrected chi connectivity index (χ2v) is 3.63. The monoisotopic (exact) mass is 236 g/mol. The van der Waals surface area contributed by atoms with Gasteiger partial charge in [-0.05, 0) is 18.8 Å². The van der Waals surface area contributed by atoms with Crippen LogP contribution in [-0.2, 0) is 14.3 Å². The highest BCUT2D eigenvalue weighted by molar-refractivity contribution is 5.62. The lowest BCUT2D eigenvalue weighted by molar-refractivity contribution is -0.134. The van der Waals surface area contributed by atoms with Gasteiger partial charge < -0.3 is 19.7 Å². The van der Waals surface area contributed by atoms with E-state index in [0.29, 0.717) is 5.92 Å². The van der Waals surface area contributed by atoms with Crippen molar-refractivity contribution in [1.29, 1.82) is 0 Å². The molecule has 0 radical (unpaired) electrons. The number of aliphatic carboxylic acids is 1. The Hall–Kier alpha value is -0.650. The van der Waals surface area contributed by atoms with Crippen molar-refractivity contribution < 1.29 is 24.5 Å². The summed E-state index contributed by atoms with van der Waals surface area (Å²) in [6.45, 7) is 3.50. The van der Waals surface area contributed by atoms with Crippen LogP contribution in [-0.4, -0.2) is 43.3 Å². The maximum atomic E-state index is 9.00. The fraction of sp³-hybridized carbons (Fsp3) is 0.909. The van der Waals surface area contributed by atoms with E-state index in [2.05, 4.69) is 6.92 Å². The van der Waals surface area contributed by atoms with Crippen molar-refractivity contribution in [1.82, 2.24) is 0 Å². The molecule has 1 atom stereocenters. The van der Waals surface area contributed by atoms with Gasteiger partial charge >= 0.3 is 0 Å². The Bertz CT molecular complexity index is 152. The summed E-state index contributed by atoms with van der Waals surface area (Å²) in [4.78, 5) is 9.00. The molecule has 0 fully saturated rings. The first-order valence-electron chi connectivity index (χ1n) is 5.33. The summed E-state index contributed by atoms with van der Waals surface area (Å²) in [6.07, 6.45) is 2.69. The van der Waals surface area contributed by atoms with E-state index >= 15 is 0 Å². The van der Waals surface area contributed by atoms with E-state index in [4.69, 9.17) is 24.5 Å². The highest BCUT2D eigenvalue weighted by atomic mass is 16.7. The van der Waals surface area contributed by atoms with Crippen LogP contribution in [0.3, 0.4) is 0 Å². The van der Waals surface area contributed by atoms with E-state index in [1.807, 2.05) is 0 Å². The number of rotatable bonds is 7. The van der Waals surface area contributed by atoms with Crippen molar-refractivity contribution in [2.45, 2.75) is 39.4 Å². The smallest absolute Gasteiger partial charge is 0.300 e. The van der Waals surface area contributed by atoms with Gasteiger partial charge in [-0.3, -0.25) is 4.79 Å². The van der Waals surface area contributed by atoms with Crippen LogP contribution in [0, 0.1) is 5.92 Å². The minimum atomic E-state index is -0.833. The summed E-state index contributed by atoms with van der Waals surface area (Å²) in [5.74, 6) is -0.290. The molecule has 5 nitrogen and oxygen atoms in total. The number of hydrogen-bond donors (Lipinski definition) is 2. The van der Waals surface area contributed by atoms with Crippen molar-refractivity contribution in [2.75, 3.05) is 20.8 Å². The first kappa shape index (κ1) is 17.7. The number of ether oxygens (including phenoxy) is 2. The normalized spacial score (nSPS) is 11.9. The van der Waals surface area contributed by atoms with Crippen molar-refractivity contribution in [3.05, 3.63) is 0 Å². The molecule has 0 heterocycles. The molecule has 0 aromatic rings. The molecular formula is C11H24O5. The number of methoxy groups -OCH3 is 2. The van der Waals surface area contributed by atoms with Gasteiger partial charge in [0.05, 0.1) is 0 Å². The molecule has 2 N–H and O–H groups in total. The summed E-state index contributed by atoms with van der Waals surface area (Å²) < 4.78 is 10.1. The molecule has 0 amide bonds. The maximum Gasteiger partial charge on any atom is 0.300 e. The van der Waals surface area contributed by atoms with Crippen molar-refractivity contribution in [3.63, 3.8) is 0 Å². The van der Waals surface area contributed by atoms with Crippen LogP contribution in [0.15, 0.2) is 0 Å². The highest BCUT2D eigenvalue weighted by Crippen LogP contribution is 2.14. The molecule has 0 aliphatic heterocycles. The summed E-state index contributed by atoms with van der Waals surface area (Å²) in [5.41, 5.74) is 0. The molecule has 0 aromatic heterocycles. The summed E-state index contributed by atoms with van der Waals surface area (Å²) in [6, 6.07) is 0. The Labute approximate surface area is 97.4 Å². The van der Waals surface area contributed by atoms with E-state index in [9.17, 15) is 0 Å². The summed E-state index contributed by atoms with van der Waals surface area (Å²) in [7, 11) is 3.29. The third kappa shape index (κ3) is 15.8. The number of carboxylic acid groups (broad SMARTS) is 1. The molecular weight excluding hydrogens is 212 g/mol. The Morgan fingerprint density at radius 2 is 1.75 bits per heavy atom. The number of carbonyl (C=O) groups is 1. The van der Waals surface area contributed by atoms with Crippen LogP contribution in [0.5, 0.6) is 0 Å². The third-order valence-electron chi connectivity index (χ3n) is 1.98. The molecule has 1 unspecified atom stereocenters. The van der Waals surface area contributed by atoms with Gasteiger partial charge in [0.25, 0.3) is 5.97 Å². The van der Waals surface area contributed by atoms with E-state index in [0.717, 1.165) is 26.2 Å². The minimum Gasteiger partial charge on any atom is -0.481 e. The summed E-state index contributed by atoms with van der Waals surface area (Å²) in [5, 5.41) is 16.0. The van der Waals surface area contributed by atoms with E-state index in [1.54, 1.807) is 14.2 Å². The van der Waals surface area contributed by atoms with Gasteiger partial charge in [-0.2, -0.15) is 0 Å². The molecule has 0 aliphatic rings. The fourth-order valence-corrected chi connectivity index (χ4v) is 1.17. The first-order chi connectivity index (χ1) is 7.47. The Morgan fingerprint density at radius 3 is 2.06 bits per heavy atom. The van der Waals surface area contributed by atoms with Crippen LogP contribution in [0.1, 0.15) is 33.1 Å². The molecule has 98 valence electrons. The molecule has 0 spiro atoms. The van der Waals surface area contributed by atoms with Crippen LogP contribution in [0.25, 0.3) is 0 Å². The number of aliphatic hydroxyl groups is 1. The van der Waals surface area contributed by atoms with Gasteiger partial charge in [0.1, 0.15) is 0 Å². The quantitative estimate of drug-likeness (QED) is 0.655. The average molecular weight is 236 g/mol. The first-order valence-corrected chi connectivity index (χ1v) is 5.33. The topological polar surface area (TPSA) is 76.0 Å². The Balaban J connectivity index is 0. The number of aliphatic hydroxyl groups excluding tert-OH is 1. The van der Waals surface area contributed by atoms with E-state index in [-0.39, 0.29) is 12.9 Å². The van der Waals surface area contributed by atoms with Gasteiger partial charge in [0.2, 0.25) is 0 Å². The minimum absolute atomic E-state index is 0.0984. The zero-order chi connectivity index (χ0) is 13.0. The van der Waals surface area contributed by atoms with Gasteiger partial charge in [-0.1, -0.05) is 6.92 Å². The SMILES string of the molecule is CC(=O)O.COC(CC(C)CCCO)OC. The van der Waals surface area contributed by atoms with Gasteiger partial charge in [0, 0.05) is 34.2 Å². The Morgan fingerprint density at radius 1 is 1.31 bits per heavy atom. The second kappa shape index (κ2) is 12.4. The number of carboxylic acids is 1. The van der Waals surface area contributed by atoms with Crippen molar-refractivity contribution in [3.8, 4) is 0 Å². The summed E-state index contributed by atoms with van der Waals surface area (Å²) >= 11 is 0. The van der Waals surface area contributed by atoms with E-state index < -0.39 is 5.97 Å². The van der Waals surface area contributed by atoms with Crippen molar-refractivity contribution in [2.24, 2.45) is 5.92 Å². The molecule has 0 rings (SSSR count). The molecule has 0 saturated heterocycles. The third-order valence-corrected chi connectivity index (χ3v) is 1.98. The lowest BCUT2D eigenvalue weighted by Crippen LogP contribution is -2.16. The largest absolute Gasteiger partial charge is 0.481 e. The zero-order valence-electron chi connectivity index (χ0n) is 10.6. The van der Waals surface area contributed by atoms with Crippen LogP contribution in [0.2, 0.25) is 0 Å². The fourth-order valence-electron chi connectivity index (χ4n) is 1.17. The average Bonchev–Trinajstić information content (AvgIpc) is 2.22. The van der Waals surface area contributed by atoms with Crippen molar-refractivity contribution >= 4 is 5.97 Å². The Kier molecular flexibility index (Phi) is 13.8. The molecule has 0 aromatic carbocycles. The van der Waals surface area contributed by atoms with Crippen LogP contribution in [0.4, 0.5) is 0 Å². The predicted octanol–water partition coefficient (Wildman–Crippen LogP) is 1.49. The maximum absolute atomic E-state index is 9.00. The molecule has 0 saturated carbocycles. The van der Waals surface area contributed by atoms with Gasteiger partial charge in [0.15, 0.2) is 6.29 Å². The zero-order valence-corrected chi connectivity index (χ0v) is 10.6. The van der Waals surface area contributed by atoms with Crippen LogP contribution < -0.4 is 0 Å². The molecule has 16 heavy (non-hydrogen) atoms. The second-order valence-electron chi connectivity index (χ2n) is 3.63. The highest BCUT2D eigenvalue weighted by Gasteiger charge is 2.10. The number of hydrogen-bond acceptors (Lipinski definition) is 4. The lowest BCUT2D eigenvalue weighted by atomic mass is 10.0. The standard InChI is InChI=1S/C9H20O3.C2H4O2/c1-8(5-4-6-10)7-9(11-2)12-3;1-2(3)4/h8-10H,4-7H2,1-3H3;1H3,(H,3,4). The molecule has 5 heteroatoms. The van der Waals surface area contributed by atoms with Gasteiger partial charge in [-0.25, -0.2) is 0 Å². The molecule has 0 aliphatic carbocycles. The lowest BCUT2D eigenvalue weighted by Gasteiger charge is -2.17.